The second-order valence-electron chi connectivity index (χ2n) is 3.36. The molecule has 0 aliphatic rings. The Labute approximate surface area is 94.5 Å². The van der Waals surface area contributed by atoms with Crippen molar-refractivity contribution in [1.29, 1.82) is 0 Å². The zero-order chi connectivity index (χ0) is 11.4. The zero-order valence-electron chi connectivity index (χ0n) is 8.94. The molecule has 2 nitrogen and oxygen atoms in total. The molecule has 1 radical (unpaired) electrons. The summed E-state index contributed by atoms with van der Waals surface area (Å²) in [6.07, 6.45) is 0. The van der Waals surface area contributed by atoms with Crippen LogP contribution in [0.5, 0.6) is 0 Å². The molecular formula is C14H11O2. The van der Waals surface area contributed by atoms with E-state index in [1.807, 2.05) is 42.5 Å². The van der Waals surface area contributed by atoms with E-state index in [1.165, 1.54) is 7.11 Å². The number of benzene rings is 2. The molecule has 0 spiro atoms. The predicted molar refractivity (Wildman–Crippen MR) is 62.1 cm³/mol. The van der Waals surface area contributed by atoms with Gasteiger partial charge in [0.05, 0.1) is 12.7 Å². The third-order valence-electron chi connectivity index (χ3n) is 2.34. The fourth-order valence-corrected chi connectivity index (χ4v) is 1.52. The monoisotopic (exact) mass is 211 g/mol. The Morgan fingerprint density at radius 1 is 1.12 bits per heavy atom. The molecule has 16 heavy (non-hydrogen) atoms. The van der Waals surface area contributed by atoms with E-state index in [4.69, 9.17) is 0 Å². The summed E-state index contributed by atoms with van der Waals surface area (Å²) in [5.41, 5.74) is 2.62. The first kappa shape index (κ1) is 10.4. The van der Waals surface area contributed by atoms with Crippen LogP contribution in [0.25, 0.3) is 11.1 Å². The smallest absolute Gasteiger partial charge is 0.337 e. The van der Waals surface area contributed by atoms with Crippen molar-refractivity contribution in [2.24, 2.45) is 0 Å². The van der Waals surface area contributed by atoms with Crippen molar-refractivity contribution in [1.82, 2.24) is 0 Å². The minimum Gasteiger partial charge on any atom is -0.465 e. The Hall–Kier alpha value is -2.09. The van der Waals surface area contributed by atoms with Crippen LogP contribution in [0, 0.1) is 6.07 Å². The Morgan fingerprint density at radius 3 is 2.56 bits per heavy atom. The van der Waals surface area contributed by atoms with Crippen LogP contribution in [-0.2, 0) is 4.74 Å². The minimum atomic E-state index is -0.315. The van der Waals surface area contributed by atoms with Crippen LogP contribution in [0.2, 0.25) is 0 Å². The summed E-state index contributed by atoms with van der Waals surface area (Å²) in [5.74, 6) is -0.315. The number of methoxy groups -OCH3 is 1. The zero-order valence-corrected chi connectivity index (χ0v) is 8.94. The van der Waals surface area contributed by atoms with Gasteiger partial charge in [0.1, 0.15) is 0 Å². The fourth-order valence-electron chi connectivity index (χ4n) is 1.52. The predicted octanol–water partition coefficient (Wildman–Crippen LogP) is 2.94. The van der Waals surface area contributed by atoms with Crippen LogP contribution in [0.15, 0.2) is 48.5 Å². The van der Waals surface area contributed by atoms with Gasteiger partial charge in [-0.1, -0.05) is 36.4 Å². The molecule has 0 bridgehead atoms. The normalized spacial score (nSPS) is 9.81. The van der Waals surface area contributed by atoms with Gasteiger partial charge in [0.2, 0.25) is 0 Å². The highest BCUT2D eigenvalue weighted by molar-refractivity contribution is 5.90. The third-order valence-corrected chi connectivity index (χ3v) is 2.34. The van der Waals surface area contributed by atoms with Crippen LogP contribution >= 0.6 is 0 Å². The van der Waals surface area contributed by atoms with Gasteiger partial charge in [-0.3, -0.25) is 0 Å². The SMILES string of the molecule is COC(=O)c1cccc(-c2cc[c]cc2)c1. The van der Waals surface area contributed by atoms with Crippen molar-refractivity contribution in [2.75, 3.05) is 7.11 Å². The molecule has 0 aromatic heterocycles. The Balaban J connectivity index is 2.40. The summed E-state index contributed by atoms with van der Waals surface area (Å²) in [5, 5.41) is 0. The lowest BCUT2D eigenvalue weighted by Gasteiger charge is -2.03. The minimum absolute atomic E-state index is 0.315. The molecule has 79 valence electrons. The molecule has 0 N–H and O–H groups in total. The van der Waals surface area contributed by atoms with Crippen molar-refractivity contribution in [3.05, 3.63) is 60.2 Å². The summed E-state index contributed by atoms with van der Waals surface area (Å²) in [4.78, 5) is 11.4. The van der Waals surface area contributed by atoms with E-state index < -0.39 is 0 Å². The Bertz CT molecular complexity index is 489. The van der Waals surface area contributed by atoms with Crippen molar-refractivity contribution in [3.63, 3.8) is 0 Å². The van der Waals surface area contributed by atoms with E-state index in [9.17, 15) is 4.79 Å². The molecule has 2 heteroatoms. The van der Waals surface area contributed by atoms with Crippen LogP contribution < -0.4 is 0 Å². The number of rotatable bonds is 2. The molecule has 0 atom stereocenters. The molecule has 0 unspecified atom stereocenters. The molecular weight excluding hydrogens is 200 g/mol. The van der Waals surface area contributed by atoms with E-state index >= 15 is 0 Å². The number of ether oxygens (including phenoxy) is 1. The van der Waals surface area contributed by atoms with E-state index in [0.29, 0.717) is 5.56 Å². The van der Waals surface area contributed by atoms with E-state index in [1.54, 1.807) is 6.07 Å². The average molecular weight is 211 g/mol. The van der Waals surface area contributed by atoms with Crippen LogP contribution in [0.3, 0.4) is 0 Å². The number of carbonyl (C=O) groups excluding carboxylic acids is 1. The second-order valence-corrected chi connectivity index (χ2v) is 3.36. The van der Waals surface area contributed by atoms with Gasteiger partial charge < -0.3 is 4.74 Å². The van der Waals surface area contributed by atoms with Gasteiger partial charge in [0.15, 0.2) is 0 Å². The van der Waals surface area contributed by atoms with E-state index in [2.05, 4.69) is 10.8 Å². The van der Waals surface area contributed by atoms with Gasteiger partial charge in [-0.15, -0.1) is 0 Å². The lowest BCUT2D eigenvalue weighted by atomic mass is 10.0. The second kappa shape index (κ2) is 4.62. The Kier molecular flexibility index (Phi) is 3.01. The number of hydrogen-bond donors (Lipinski definition) is 0. The standard InChI is InChI=1S/C14H11O2/c1-16-14(15)13-9-5-8-12(10-13)11-6-3-2-4-7-11/h3-10H,1H3. The van der Waals surface area contributed by atoms with E-state index in [-0.39, 0.29) is 5.97 Å². The number of hydrogen-bond acceptors (Lipinski definition) is 2. The van der Waals surface area contributed by atoms with Crippen LogP contribution in [-0.4, -0.2) is 13.1 Å². The van der Waals surface area contributed by atoms with Gasteiger partial charge in [0, 0.05) is 0 Å². The molecule has 0 aliphatic heterocycles. The highest BCUT2D eigenvalue weighted by atomic mass is 16.5. The largest absolute Gasteiger partial charge is 0.465 e. The van der Waals surface area contributed by atoms with Gasteiger partial charge in [-0.2, -0.15) is 0 Å². The number of carbonyl (C=O) groups is 1. The quantitative estimate of drug-likeness (QED) is 0.714. The van der Waals surface area contributed by atoms with Crippen molar-refractivity contribution < 1.29 is 9.53 Å². The summed E-state index contributed by atoms with van der Waals surface area (Å²) in [7, 11) is 1.38. The molecule has 0 aliphatic carbocycles. The van der Waals surface area contributed by atoms with Gasteiger partial charge in [-0.05, 0) is 29.3 Å². The molecule has 0 saturated carbocycles. The van der Waals surface area contributed by atoms with Crippen molar-refractivity contribution in [2.45, 2.75) is 0 Å². The maximum absolute atomic E-state index is 11.4. The first-order chi connectivity index (χ1) is 7.81. The fraction of sp³-hybridized carbons (Fsp3) is 0.0714. The average Bonchev–Trinajstić information content (AvgIpc) is 2.39. The lowest BCUT2D eigenvalue weighted by molar-refractivity contribution is 0.0601. The van der Waals surface area contributed by atoms with Crippen LogP contribution in [0.4, 0.5) is 0 Å². The van der Waals surface area contributed by atoms with Crippen molar-refractivity contribution >= 4 is 5.97 Å². The van der Waals surface area contributed by atoms with Gasteiger partial charge >= 0.3 is 5.97 Å². The molecule has 2 aromatic carbocycles. The van der Waals surface area contributed by atoms with Crippen LogP contribution in [0.1, 0.15) is 10.4 Å². The summed E-state index contributed by atoms with van der Waals surface area (Å²) < 4.78 is 4.68. The molecule has 2 rings (SSSR count). The summed E-state index contributed by atoms with van der Waals surface area (Å²) in [6.45, 7) is 0. The van der Waals surface area contributed by atoms with Gasteiger partial charge in [0.25, 0.3) is 0 Å². The molecule has 0 amide bonds. The third kappa shape index (κ3) is 2.11. The number of esters is 1. The first-order valence-electron chi connectivity index (χ1n) is 4.96. The maximum Gasteiger partial charge on any atom is 0.337 e. The maximum atomic E-state index is 11.4. The molecule has 2 aromatic rings. The van der Waals surface area contributed by atoms with Crippen molar-refractivity contribution in [3.8, 4) is 11.1 Å². The highest BCUT2D eigenvalue weighted by Crippen LogP contribution is 2.20. The lowest BCUT2D eigenvalue weighted by Crippen LogP contribution is -2.00. The first-order valence-corrected chi connectivity index (χ1v) is 4.96. The van der Waals surface area contributed by atoms with Gasteiger partial charge in [-0.25, -0.2) is 4.79 Å². The molecule has 0 saturated heterocycles. The summed E-state index contributed by atoms with van der Waals surface area (Å²) >= 11 is 0. The molecule has 0 heterocycles. The summed E-state index contributed by atoms with van der Waals surface area (Å²) in [6, 6.07) is 17.9. The highest BCUT2D eigenvalue weighted by Gasteiger charge is 2.05. The Morgan fingerprint density at radius 2 is 1.88 bits per heavy atom. The molecule has 0 fully saturated rings. The van der Waals surface area contributed by atoms with E-state index in [0.717, 1.165) is 11.1 Å². The topological polar surface area (TPSA) is 26.3 Å².